The van der Waals surface area contributed by atoms with Crippen LogP contribution in [0, 0.1) is 5.82 Å². The summed E-state index contributed by atoms with van der Waals surface area (Å²) in [6.45, 7) is 1.65. The first kappa shape index (κ1) is 12.3. The number of carboxylic acid groups (broad SMARTS) is 1. The number of phenolic OH excluding ortho intramolecular Hbond substituents is 1. The first-order chi connectivity index (χ1) is 7.52. The molecule has 5 heteroatoms. The number of carboxylic acids is 1. The lowest BCUT2D eigenvalue weighted by atomic mass is 9.95. The van der Waals surface area contributed by atoms with Gasteiger partial charge in [0, 0.05) is 5.56 Å². The molecule has 0 fully saturated rings. The van der Waals surface area contributed by atoms with Crippen LogP contribution < -0.4 is 4.74 Å². The van der Waals surface area contributed by atoms with Crippen LogP contribution in [0.4, 0.5) is 4.39 Å². The molecule has 0 amide bonds. The highest BCUT2D eigenvalue weighted by Gasteiger charge is 2.24. The molecule has 0 saturated carbocycles. The summed E-state index contributed by atoms with van der Waals surface area (Å²) in [5, 5.41) is 18.4. The molecule has 1 atom stereocenters. The minimum atomic E-state index is -1.10. The van der Waals surface area contributed by atoms with Gasteiger partial charge in [-0.2, -0.15) is 4.39 Å². The molecule has 16 heavy (non-hydrogen) atoms. The first-order valence-corrected chi connectivity index (χ1v) is 4.81. The van der Waals surface area contributed by atoms with Crippen LogP contribution in [0.15, 0.2) is 12.1 Å². The Morgan fingerprint density at radius 3 is 2.62 bits per heavy atom. The average Bonchev–Trinajstić information content (AvgIpc) is 2.25. The van der Waals surface area contributed by atoms with Gasteiger partial charge in [0.2, 0.25) is 5.82 Å². The van der Waals surface area contributed by atoms with Gasteiger partial charge in [0.15, 0.2) is 11.5 Å². The van der Waals surface area contributed by atoms with Gasteiger partial charge in [-0.3, -0.25) is 4.79 Å². The van der Waals surface area contributed by atoms with Crippen LogP contribution in [-0.2, 0) is 4.79 Å². The van der Waals surface area contributed by atoms with Gasteiger partial charge in [-0.15, -0.1) is 0 Å². The molecule has 0 radical (unpaired) electrons. The van der Waals surface area contributed by atoms with Crippen LogP contribution in [0.25, 0.3) is 0 Å². The third kappa shape index (κ3) is 2.08. The fourth-order valence-electron chi connectivity index (χ4n) is 1.53. The van der Waals surface area contributed by atoms with Crippen LogP contribution in [0.1, 0.15) is 24.8 Å². The van der Waals surface area contributed by atoms with Gasteiger partial charge in [0.1, 0.15) is 0 Å². The van der Waals surface area contributed by atoms with Crippen LogP contribution >= 0.6 is 0 Å². The fourth-order valence-corrected chi connectivity index (χ4v) is 1.53. The second-order valence-corrected chi connectivity index (χ2v) is 3.32. The Morgan fingerprint density at radius 2 is 2.19 bits per heavy atom. The molecule has 0 saturated heterocycles. The Morgan fingerprint density at radius 1 is 1.56 bits per heavy atom. The van der Waals surface area contributed by atoms with Gasteiger partial charge in [-0.1, -0.05) is 13.0 Å². The summed E-state index contributed by atoms with van der Waals surface area (Å²) in [5.41, 5.74) is 0.0632. The van der Waals surface area contributed by atoms with E-state index in [2.05, 4.69) is 4.74 Å². The van der Waals surface area contributed by atoms with Gasteiger partial charge < -0.3 is 14.9 Å². The van der Waals surface area contributed by atoms with Crippen LogP contribution in [0.5, 0.6) is 11.5 Å². The number of ether oxygens (including phenoxy) is 1. The zero-order chi connectivity index (χ0) is 12.3. The number of rotatable bonds is 4. The molecule has 88 valence electrons. The lowest BCUT2D eigenvalue weighted by molar-refractivity contribution is -0.138. The second-order valence-electron chi connectivity index (χ2n) is 3.32. The number of aliphatic carboxylic acids is 1. The fraction of sp³-hybridized carbons (Fsp3) is 0.364. The Bertz CT molecular complexity index is 403. The van der Waals surface area contributed by atoms with E-state index in [0.717, 1.165) is 0 Å². The van der Waals surface area contributed by atoms with E-state index < -0.39 is 23.5 Å². The van der Waals surface area contributed by atoms with E-state index >= 15 is 0 Å². The van der Waals surface area contributed by atoms with Crippen molar-refractivity contribution in [2.24, 2.45) is 0 Å². The molecule has 1 unspecified atom stereocenters. The zero-order valence-electron chi connectivity index (χ0n) is 9.03. The van der Waals surface area contributed by atoms with Gasteiger partial charge in [-0.05, 0) is 12.5 Å². The molecule has 0 aliphatic rings. The van der Waals surface area contributed by atoms with Crippen LogP contribution in [-0.4, -0.2) is 23.3 Å². The molecule has 4 nitrogen and oxygen atoms in total. The number of hydrogen-bond donors (Lipinski definition) is 2. The molecule has 0 spiro atoms. The molecule has 2 N–H and O–H groups in total. The summed E-state index contributed by atoms with van der Waals surface area (Å²) in [6.07, 6.45) is 0.272. The Hall–Kier alpha value is -1.78. The first-order valence-electron chi connectivity index (χ1n) is 4.81. The second kappa shape index (κ2) is 4.83. The molecule has 0 aliphatic heterocycles. The monoisotopic (exact) mass is 228 g/mol. The minimum absolute atomic E-state index is 0.0632. The topological polar surface area (TPSA) is 66.8 Å². The quantitative estimate of drug-likeness (QED) is 0.828. The van der Waals surface area contributed by atoms with Crippen molar-refractivity contribution >= 4 is 5.97 Å². The highest BCUT2D eigenvalue weighted by atomic mass is 19.1. The molecule has 0 bridgehead atoms. The van der Waals surface area contributed by atoms with E-state index in [-0.39, 0.29) is 17.7 Å². The number of methoxy groups -OCH3 is 1. The molecular weight excluding hydrogens is 215 g/mol. The average molecular weight is 228 g/mol. The third-order valence-electron chi connectivity index (χ3n) is 2.41. The number of carbonyl (C=O) groups is 1. The highest BCUT2D eigenvalue weighted by Crippen LogP contribution is 2.35. The maximum absolute atomic E-state index is 13.5. The maximum atomic E-state index is 13.5. The predicted molar refractivity (Wildman–Crippen MR) is 55.3 cm³/mol. The van der Waals surface area contributed by atoms with E-state index in [1.165, 1.54) is 19.2 Å². The standard InChI is InChI=1S/C11H13FO4/c1-3-6(11(14)15)7-4-5-8(16-2)9(12)10(7)13/h4-6,13H,3H2,1-2H3,(H,14,15). The van der Waals surface area contributed by atoms with Crippen molar-refractivity contribution in [2.75, 3.05) is 7.11 Å². The Labute approximate surface area is 92.3 Å². The number of halogens is 1. The summed E-state index contributed by atoms with van der Waals surface area (Å²) in [4.78, 5) is 10.9. The van der Waals surface area contributed by atoms with Gasteiger partial charge in [0.25, 0.3) is 0 Å². The van der Waals surface area contributed by atoms with E-state index in [9.17, 15) is 14.3 Å². The Kier molecular flexibility index (Phi) is 3.71. The number of aromatic hydroxyl groups is 1. The van der Waals surface area contributed by atoms with Gasteiger partial charge >= 0.3 is 5.97 Å². The normalized spacial score (nSPS) is 12.2. The summed E-state index contributed by atoms with van der Waals surface area (Å²) in [7, 11) is 1.27. The largest absolute Gasteiger partial charge is 0.505 e. The highest BCUT2D eigenvalue weighted by molar-refractivity contribution is 5.77. The lowest BCUT2D eigenvalue weighted by Gasteiger charge is -2.13. The molecule has 0 aliphatic carbocycles. The predicted octanol–water partition coefficient (Wildman–Crippen LogP) is 2.12. The van der Waals surface area contributed by atoms with E-state index in [1.807, 2.05) is 0 Å². The smallest absolute Gasteiger partial charge is 0.311 e. The third-order valence-corrected chi connectivity index (χ3v) is 2.41. The number of phenols is 1. The minimum Gasteiger partial charge on any atom is -0.505 e. The van der Waals surface area contributed by atoms with Crippen molar-refractivity contribution in [1.82, 2.24) is 0 Å². The van der Waals surface area contributed by atoms with E-state index in [4.69, 9.17) is 5.11 Å². The number of hydrogen-bond acceptors (Lipinski definition) is 3. The molecule has 1 rings (SSSR count). The molecule has 1 aromatic carbocycles. The molecular formula is C11H13FO4. The lowest BCUT2D eigenvalue weighted by Crippen LogP contribution is -2.11. The molecule has 1 aromatic rings. The van der Waals surface area contributed by atoms with Crippen molar-refractivity contribution in [3.8, 4) is 11.5 Å². The van der Waals surface area contributed by atoms with E-state index in [0.29, 0.717) is 0 Å². The summed E-state index contributed by atoms with van der Waals surface area (Å²) >= 11 is 0. The van der Waals surface area contributed by atoms with Crippen molar-refractivity contribution in [2.45, 2.75) is 19.3 Å². The summed E-state index contributed by atoms with van der Waals surface area (Å²) in [6, 6.07) is 2.66. The van der Waals surface area contributed by atoms with Gasteiger partial charge in [0.05, 0.1) is 13.0 Å². The maximum Gasteiger partial charge on any atom is 0.311 e. The SMILES string of the molecule is CCC(C(=O)O)c1ccc(OC)c(F)c1O. The summed E-state index contributed by atoms with van der Waals surface area (Å²) in [5.74, 6) is -3.71. The molecule has 0 aromatic heterocycles. The Balaban J connectivity index is 3.25. The van der Waals surface area contributed by atoms with Crippen LogP contribution in [0.3, 0.4) is 0 Å². The van der Waals surface area contributed by atoms with Gasteiger partial charge in [-0.25, -0.2) is 0 Å². The van der Waals surface area contributed by atoms with Crippen molar-refractivity contribution in [1.29, 1.82) is 0 Å². The number of benzene rings is 1. The molecule has 0 heterocycles. The van der Waals surface area contributed by atoms with Crippen molar-refractivity contribution < 1.29 is 24.1 Å². The van der Waals surface area contributed by atoms with E-state index in [1.54, 1.807) is 6.92 Å². The van der Waals surface area contributed by atoms with Crippen molar-refractivity contribution in [3.05, 3.63) is 23.5 Å². The van der Waals surface area contributed by atoms with Crippen LogP contribution in [0.2, 0.25) is 0 Å². The zero-order valence-corrected chi connectivity index (χ0v) is 9.03. The summed E-state index contributed by atoms with van der Waals surface area (Å²) < 4.78 is 18.1. The van der Waals surface area contributed by atoms with Crippen molar-refractivity contribution in [3.63, 3.8) is 0 Å².